The fraction of sp³-hybridized carbons (Fsp3) is 0.692. The van der Waals surface area contributed by atoms with Gasteiger partial charge in [-0.2, -0.15) is 0 Å². The highest BCUT2D eigenvalue weighted by molar-refractivity contribution is 8.00. The Morgan fingerprint density at radius 1 is 1.48 bits per heavy atom. The molecule has 1 aromatic rings. The van der Waals surface area contributed by atoms with Crippen molar-refractivity contribution in [1.29, 1.82) is 0 Å². The first kappa shape index (κ1) is 20.4. The fourth-order valence-corrected chi connectivity index (χ4v) is 4.41. The van der Waals surface area contributed by atoms with E-state index in [4.69, 9.17) is 39.5 Å². The van der Waals surface area contributed by atoms with Crippen LogP contribution < -0.4 is 5.32 Å². The van der Waals surface area contributed by atoms with Crippen molar-refractivity contribution in [1.82, 2.24) is 30.4 Å². The lowest BCUT2D eigenvalue weighted by atomic mass is 9.89. The van der Waals surface area contributed by atoms with Gasteiger partial charge in [-0.3, -0.25) is 14.4 Å². The normalized spacial score (nSPS) is 27.6. The molecule has 2 unspecified atom stereocenters. The zero-order valence-corrected chi connectivity index (χ0v) is 17.1. The summed E-state index contributed by atoms with van der Waals surface area (Å²) in [6, 6.07) is -0.652. The van der Waals surface area contributed by atoms with Gasteiger partial charge in [-0.25, -0.2) is 4.68 Å². The number of tetrazole rings is 1. The summed E-state index contributed by atoms with van der Waals surface area (Å²) in [5, 5.41) is 12.9. The average molecular weight is 458 g/mol. The SMILES string of the molecule is CC1(C(=O)OCC(Cl)(Cl)Cl)CS[C@@H]2C(NC(=O)Cn3cnnn3)C(=O)N2C1. The van der Waals surface area contributed by atoms with Crippen LogP contribution >= 0.6 is 46.6 Å². The topological polar surface area (TPSA) is 119 Å². The van der Waals surface area contributed by atoms with Crippen LogP contribution in [-0.4, -0.2) is 77.0 Å². The van der Waals surface area contributed by atoms with Gasteiger partial charge in [0, 0.05) is 12.3 Å². The largest absolute Gasteiger partial charge is 0.461 e. The van der Waals surface area contributed by atoms with E-state index >= 15 is 0 Å². The van der Waals surface area contributed by atoms with Crippen molar-refractivity contribution in [3.63, 3.8) is 0 Å². The van der Waals surface area contributed by atoms with Gasteiger partial charge in [-0.15, -0.1) is 16.9 Å². The van der Waals surface area contributed by atoms with Crippen LogP contribution in [0.1, 0.15) is 6.92 Å². The molecule has 2 aliphatic rings. The van der Waals surface area contributed by atoms with E-state index in [1.54, 1.807) is 6.92 Å². The number of thioether (sulfide) groups is 1. The lowest BCUT2D eigenvalue weighted by molar-refractivity contribution is -0.161. The number of esters is 1. The fourth-order valence-electron chi connectivity index (χ4n) is 2.77. The Morgan fingerprint density at radius 2 is 2.22 bits per heavy atom. The van der Waals surface area contributed by atoms with Crippen molar-refractivity contribution in [2.24, 2.45) is 5.41 Å². The van der Waals surface area contributed by atoms with Gasteiger partial charge in [0.25, 0.3) is 0 Å². The van der Waals surface area contributed by atoms with Gasteiger partial charge in [0.05, 0.1) is 5.41 Å². The minimum Gasteiger partial charge on any atom is -0.461 e. The maximum Gasteiger partial charge on any atom is 0.314 e. The van der Waals surface area contributed by atoms with Crippen LogP contribution in [0.15, 0.2) is 6.33 Å². The van der Waals surface area contributed by atoms with Crippen LogP contribution in [-0.2, 0) is 25.7 Å². The highest BCUT2D eigenvalue weighted by Gasteiger charge is 2.56. The number of hydrogen-bond acceptors (Lipinski definition) is 8. The van der Waals surface area contributed by atoms with Crippen molar-refractivity contribution < 1.29 is 19.1 Å². The molecule has 2 aliphatic heterocycles. The van der Waals surface area contributed by atoms with Crippen molar-refractivity contribution >= 4 is 64.3 Å². The molecule has 3 rings (SSSR count). The first-order chi connectivity index (χ1) is 12.6. The number of amides is 2. The number of nitrogens with one attached hydrogen (secondary N) is 1. The van der Waals surface area contributed by atoms with Crippen LogP contribution in [0.3, 0.4) is 0 Å². The first-order valence-electron chi connectivity index (χ1n) is 7.75. The molecule has 27 heavy (non-hydrogen) atoms. The number of ether oxygens (including phenoxy) is 1. The molecule has 0 aromatic carbocycles. The zero-order chi connectivity index (χ0) is 19.8. The summed E-state index contributed by atoms with van der Waals surface area (Å²) in [5.41, 5.74) is -0.922. The van der Waals surface area contributed by atoms with Crippen molar-refractivity contribution in [3.8, 4) is 0 Å². The smallest absolute Gasteiger partial charge is 0.314 e. The standard InChI is InChI=1S/C13H15Cl3N6O4S/c1-12(11(25)26-4-13(14,15)16)3-22-9(24)8(10(22)27-5-12)18-7(23)2-21-6-17-19-20-21/h6,8,10H,2-5H2,1H3,(H,18,23)/t8?,10-,12?/m1/s1. The van der Waals surface area contributed by atoms with Gasteiger partial charge in [-0.1, -0.05) is 34.8 Å². The van der Waals surface area contributed by atoms with E-state index in [9.17, 15) is 14.4 Å². The molecular weight excluding hydrogens is 443 g/mol. The molecule has 14 heteroatoms. The summed E-state index contributed by atoms with van der Waals surface area (Å²) in [4.78, 5) is 38.3. The monoisotopic (exact) mass is 456 g/mol. The third-order valence-corrected chi connectivity index (χ3v) is 6.11. The van der Waals surface area contributed by atoms with Crippen LogP contribution in [0.2, 0.25) is 0 Å². The summed E-state index contributed by atoms with van der Waals surface area (Å²) in [7, 11) is 0. The van der Waals surface area contributed by atoms with E-state index in [0.717, 1.165) is 0 Å². The highest BCUT2D eigenvalue weighted by atomic mass is 35.6. The molecule has 2 fully saturated rings. The highest BCUT2D eigenvalue weighted by Crippen LogP contribution is 2.42. The summed E-state index contributed by atoms with van der Waals surface area (Å²) in [5.74, 6) is -0.785. The van der Waals surface area contributed by atoms with E-state index < -0.39 is 21.2 Å². The summed E-state index contributed by atoms with van der Waals surface area (Å²) in [6.45, 7) is 1.40. The lowest BCUT2D eigenvalue weighted by Crippen LogP contribution is -2.73. The Morgan fingerprint density at radius 3 is 2.85 bits per heavy atom. The predicted molar refractivity (Wildman–Crippen MR) is 97.1 cm³/mol. The number of carbonyl (C=O) groups is 3. The number of aromatic nitrogens is 4. The van der Waals surface area contributed by atoms with E-state index in [-0.39, 0.29) is 36.9 Å². The molecule has 0 saturated carbocycles. The van der Waals surface area contributed by atoms with Gasteiger partial charge in [0.2, 0.25) is 15.6 Å². The van der Waals surface area contributed by atoms with Crippen molar-refractivity contribution in [3.05, 3.63) is 6.33 Å². The van der Waals surface area contributed by atoms with Crippen molar-refractivity contribution in [2.75, 3.05) is 18.9 Å². The van der Waals surface area contributed by atoms with Crippen LogP contribution in [0.25, 0.3) is 0 Å². The van der Waals surface area contributed by atoms with Gasteiger partial charge in [-0.05, 0) is 17.4 Å². The number of alkyl halides is 3. The van der Waals surface area contributed by atoms with E-state index in [1.165, 1.54) is 27.7 Å². The number of nitrogens with zero attached hydrogens (tertiary/aromatic N) is 5. The Balaban J connectivity index is 1.54. The minimum atomic E-state index is -1.70. The molecule has 0 spiro atoms. The number of fused-ring (bicyclic) bond motifs is 1. The van der Waals surface area contributed by atoms with Crippen LogP contribution in [0.4, 0.5) is 0 Å². The van der Waals surface area contributed by atoms with Crippen LogP contribution in [0, 0.1) is 5.41 Å². The molecule has 2 amide bonds. The number of rotatable bonds is 5. The predicted octanol–water partition coefficient (Wildman–Crippen LogP) is -0.00730. The van der Waals surface area contributed by atoms with Gasteiger partial charge in [0.15, 0.2) is 0 Å². The van der Waals surface area contributed by atoms with Crippen LogP contribution in [0.5, 0.6) is 0 Å². The minimum absolute atomic E-state index is 0.0881. The Bertz CT molecular complexity index is 745. The van der Waals surface area contributed by atoms with Crippen molar-refractivity contribution in [2.45, 2.75) is 28.7 Å². The molecule has 0 radical (unpaired) electrons. The third kappa shape index (κ3) is 4.58. The zero-order valence-electron chi connectivity index (χ0n) is 14.0. The van der Waals surface area contributed by atoms with E-state index in [1.807, 2.05) is 0 Å². The summed E-state index contributed by atoms with van der Waals surface area (Å²) in [6.07, 6.45) is 1.30. The Labute approximate surface area is 173 Å². The lowest BCUT2D eigenvalue weighted by Gasteiger charge is -2.53. The maximum atomic E-state index is 12.4. The number of hydrogen-bond donors (Lipinski definition) is 1. The molecule has 3 atom stereocenters. The molecule has 0 aliphatic carbocycles. The number of carbonyl (C=O) groups excluding carboxylic acids is 3. The second-order valence-corrected chi connectivity index (χ2v) is 10.1. The molecule has 10 nitrogen and oxygen atoms in total. The third-order valence-electron chi connectivity index (χ3n) is 4.11. The number of halogens is 3. The van der Waals surface area contributed by atoms with E-state index in [0.29, 0.717) is 5.75 Å². The van der Waals surface area contributed by atoms with Gasteiger partial charge >= 0.3 is 5.97 Å². The molecular formula is C13H15Cl3N6O4S. The second-order valence-electron chi connectivity index (χ2n) is 6.47. The average Bonchev–Trinajstić information content (AvgIpc) is 3.10. The quantitative estimate of drug-likeness (QED) is 0.372. The van der Waals surface area contributed by atoms with Gasteiger partial charge < -0.3 is 15.0 Å². The molecule has 1 aromatic heterocycles. The Hall–Kier alpha value is -1.30. The van der Waals surface area contributed by atoms with E-state index in [2.05, 4.69) is 20.8 Å². The molecule has 148 valence electrons. The first-order valence-corrected chi connectivity index (χ1v) is 9.93. The van der Waals surface area contributed by atoms with Gasteiger partial charge in [0.1, 0.15) is 30.9 Å². The number of β-lactam (4-membered cyclic amide) rings is 1. The Kier molecular flexibility index (Phi) is 5.76. The molecule has 1 N–H and O–H groups in total. The summed E-state index contributed by atoms with van der Waals surface area (Å²) >= 11 is 18.2. The second kappa shape index (κ2) is 7.61. The molecule has 2 saturated heterocycles. The summed E-state index contributed by atoms with van der Waals surface area (Å²) < 4.78 is 4.62. The molecule has 3 heterocycles. The maximum absolute atomic E-state index is 12.4. The molecule has 0 bridgehead atoms.